The molecule has 0 aromatic carbocycles. The molecule has 94 valence electrons. The molecule has 0 saturated carbocycles. The zero-order chi connectivity index (χ0) is 13.1. The van der Waals surface area contributed by atoms with Crippen molar-refractivity contribution in [2.45, 2.75) is 25.7 Å². The summed E-state index contributed by atoms with van der Waals surface area (Å²) in [4.78, 5) is 25.2. The fraction of sp³-hybridized carbons (Fsp3) is 0.500. The molecular weight excluding hydrogens is 238 g/mol. The largest absolute Gasteiger partial charge is 0.481 e. The van der Waals surface area contributed by atoms with Gasteiger partial charge in [0.25, 0.3) is 0 Å². The highest BCUT2D eigenvalue weighted by atomic mass is 32.1. The van der Waals surface area contributed by atoms with E-state index in [1.54, 1.807) is 7.05 Å². The van der Waals surface area contributed by atoms with Crippen LogP contribution in [0.3, 0.4) is 0 Å². The first-order chi connectivity index (χ1) is 7.85. The van der Waals surface area contributed by atoms with Crippen LogP contribution in [0.4, 0.5) is 0 Å². The van der Waals surface area contributed by atoms with Crippen LogP contribution in [0.15, 0.2) is 17.5 Å². The standard InChI is InChI=1S/C12H17NO3S/c1-12(2,9-5-4-8-17-9)11(16)13(3)7-6-10(14)15/h4-5,8H,6-7H2,1-3H3,(H,14,15). The Balaban J connectivity index is 2.71. The lowest BCUT2D eigenvalue weighted by molar-refractivity contribution is -0.139. The second-order valence-electron chi connectivity index (χ2n) is 4.47. The number of rotatable bonds is 5. The molecule has 0 unspecified atom stereocenters. The van der Waals surface area contributed by atoms with E-state index in [1.807, 2.05) is 31.4 Å². The number of thiophene rings is 1. The van der Waals surface area contributed by atoms with Gasteiger partial charge in [0.05, 0.1) is 11.8 Å². The number of hydrogen-bond acceptors (Lipinski definition) is 3. The van der Waals surface area contributed by atoms with Crippen LogP contribution in [-0.2, 0) is 15.0 Å². The van der Waals surface area contributed by atoms with Crippen molar-refractivity contribution in [1.82, 2.24) is 4.90 Å². The van der Waals surface area contributed by atoms with Gasteiger partial charge in [-0.25, -0.2) is 0 Å². The third-order valence-electron chi connectivity index (χ3n) is 2.68. The summed E-state index contributed by atoms with van der Waals surface area (Å²) >= 11 is 1.54. The topological polar surface area (TPSA) is 57.6 Å². The molecule has 1 amide bonds. The first-order valence-electron chi connectivity index (χ1n) is 5.37. The number of carbonyl (C=O) groups excluding carboxylic acids is 1. The summed E-state index contributed by atoms with van der Waals surface area (Å²) in [5, 5.41) is 10.5. The monoisotopic (exact) mass is 255 g/mol. The zero-order valence-electron chi connectivity index (χ0n) is 10.3. The van der Waals surface area contributed by atoms with Gasteiger partial charge in [-0.15, -0.1) is 11.3 Å². The quantitative estimate of drug-likeness (QED) is 0.875. The van der Waals surface area contributed by atoms with Crippen molar-refractivity contribution in [3.05, 3.63) is 22.4 Å². The Morgan fingerprint density at radius 3 is 2.59 bits per heavy atom. The Kier molecular flexibility index (Phi) is 4.28. The molecule has 1 aromatic rings. The lowest BCUT2D eigenvalue weighted by atomic mass is 9.89. The molecule has 1 aromatic heterocycles. The second kappa shape index (κ2) is 5.31. The van der Waals surface area contributed by atoms with Crippen molar-refractivity contribution in [2.75, 3.05) is 13.6 Å². The summed E-state index contributed by atoms with van der Waals surface area (Å²) in [6.07, 6.45) is -0.0250. The van der Waals surface area contributed by atoms with Crippen LogP contribution >= 0.6 is 11.3 Å². The minimum absolute atomic E-state index is 0.0250. The number of nitrogens with zero attached hydrogens (tertiary/aromatic N) is 1. The lowest BCUT2D eigenvalue weighted by Crippen LogP contribution is -2.41. The molecule has 1 heterocycles. The maximum absolute atomic E-state index is 12.2. The van der Waals surface area contributed by atoms with Crippen LogP contribution in [0, 0.1) is 0 Å². The zero-order valence-corrected chi connectivity index (χ0v) is 11.1. The minimum Gasteiger partial charge on any atom is -0.481 e. The Morgan fingerprint density at radius 2 is 2.12 bits per heavy atom. The highest BCUT2D eigenvalue weighted by Crippen LogP contribution is 2.29. The fourth-order valence-electron chi connectivity index (χ4n) is 1.58. The van der Waals surface area contributed by atoms with Gasteiger partial charge < -0.3 is 10.0 Å². The van der Waals surface area contributed by atoms with Gasteiger partial charge in [0.1, 0.15) is 0 Å². The Morgan fingerprint density at radius 1 is 1.47 bits per heavy atom. The first kappa shape index (κ1) is 13.7. The molecule has 0 aliphatic carbocycles. The number of likely N-dealkylation sites (N-methyl/N-ethyl adjacent to an activating group) is 1. The van der Waals surface area contributed by atoms with E-state index in [9.17, 15) is 9.59 Å². The van der Waals surface area contributed by atoms with E-state index in [-0.39, 0.29) is 18.9 Å². The van der Waals surface area contributed by atoms with Gasteiger partial charge >= 0.3 is 5.97 Å². The van der Waals surface area contributed by atoms with Crippen molar-refractivity contribution >= 4 is 23.2 Å². The van der Waals surface area contributed by atoms with Crippen LogP contribution in [0.5, 0.6) is 0 Å². The van der Waals surface area contributed by atoms with Crippen molar-refractivity contribution in [3.8, 4) is 0 Å². The maximum Gasteiger partial charge on any atom is 0.305 e. The smallest absolute Gasteiger partial charge is 0.305 e. The molecule has 0 radical (unpaired) electrons. The maximum atomic E-state index is 12.2. The molecule has 17 heavy (non-hydrogen) atoms. The second-order valence-corrected chi connectivity index (χ2v) is 5.42. The third kappa shape index (κ3) is 3.30. The number of hydrogen-bond donors (Lipinski definition) is 1. The molecule has 0 spiro atoms. The predicted molar refractivity (Wildman–Crippen MR) is 67.2 cm³/mol. The SMILES string of the molecule is CN(CCC(=O)O)C(=O)C(C)(C)c1cccs1. The number of carbonyl (C=O) groups is 2. The number of carboxylic acid groups (broad SMARTS) is 1. The number of carboxylic acids is 1. The van der Waals surface area contributed by atoms with Crippen molar-refractivity contribution in [2.24, 2.45) is 0 Å². The lowest BCUT2D eigenvalue weighted by Gasteiger charge is -2.28. The van der Waals surface area contributed by atoms with E-state index in [0.29, 0.717) is 0 Å². The van der Waals surface area contributed by atoms with E-state index in [2.05, 4.69) is 0 Å². The molecule has 4 nitrogen and oxygen atoms in total. The molecule has 1 N–H and O–H groups in total. The summed E-state index contributed by atoms with van der Waals surface area (Å²) in [5.74, 6) is -0.945. The Hall–Kier alpha value is -1.36. The third-order valence-corrected chi connectivity index (χ3v) is 3.87. The fourth-order valence-corrected chi connectivity index (χ4v) is 2.42. The van der Waals surface area contributed by atoms with Crippen LogP contribution < -0.4 is 0 Å². The number of amides is 1. The molecule has 1 rings (SSSR count). The van der Waals surface area contributed by atoms with Gasteiger partial charge in [-0.3, -0.25) is 9.59 Å². The molecular formula is C12H17NO3S. The summed E-state index contributed by atoms with van der Waals surface area (Å²) in [7, 11) is 1.64. The van der Waals surface area contributed by atoms with Gasteiger partial charge in [-0.05, 0) is 25.3 Å². The van der Waals surface area contributed by atoms with Gasteiger partial charge in [-0.2, -0.15) is 0 Å². The van der Waals surface area contributed by atoms with E-state index < -0.39 is 11.4 Å². The Bertz CT molecular complexity index is 398. The Labute approximate surface area is 105 Å². The van der Waals surface area contributed by atoms with Crippen molar-refractivity contribution in [3.63, 3.8) is 0 Å². The number of aliphatic carboxylic acids is 1. The molecule has 5 heteroatoms. The predicted octanol–water partition coefficient (Wildman–Crippen LogP) is 1.96. The summed E-state index contributed by atoms with van der Waals surface area (Å²) in [5.41, 5.74) is -0.596. The molecule has 0 saturated heterocycles. The molecule has 0 aliphatic heterocycles. The molecule has 0 aliphatic rings. The van der Waals surface area contributed by atoms with Gasteiger partial charge in [0.2, 0.25) is 5.91 Å². The summed E-state index contributed by atoms with van der Waals surface area (Å²) in [6.45, 7) is 3.96. The molecule has 0 fully saturated rings. The van der Waals surface area contributed by atoms with Crippen molar-refractivity contribution < 1.29 is 14.7 Å². The van der Waals surface area contributed by atoms with Crippen LogP contribution in [0.25, 0.3) is 0 Å². The van der Waals surface area contributed by atoms with Crippen LogP contribution in [0.1, 0.15) is 25.1 Å². The minimum atomic E-state index is -0.890. The van der Waals surface area contributed by atoms with Gasteiger partial charge in [-0.1, -0.05) is 6.07 Å². The summed E-state index contributed by atoms with van der Waals surface area (Å²) < 4.78 is 0. The molecule has 0 bridgehead atoms. The average Bonchev–Trinajstić information content (AvgIpc) is 2.78. The van der Waals surface area contributed by atoms with E-state index in [4.69, 9.17) is 5.11 Å². The van der Waals surface area contributed by atoms with E-state index in [0.717, 1.165) is 4.88 Å². The first-order valence-corrected chi connectivity index (χ1v) is 6.25. The molecule has 0 atom stereocenters. The van der Waals surface area contributed by atoms with Gasteiger partial charge in [0.15, 0.2) is 0 Å². The normalized spacial score (nSPS) is 11.2. The van der Waals surface area contributed by atoms with Crippen molar-refractivity contribution in [1.29, 1.82) is 0 Å². The highest BCUT2D eigenvalue weighted by Gasteiger charge is 2.33. The van der Waals surface area contributed by atoms with Gasteiger partial charge in [0, 0.05) is 18.5 Å². The van der Waals surface area contributed by atoms with E-state index in [1.165, 1.54) is 16.2 Å². The van der Waals surface area contributed by atoms with Crippen LogP contribution in [-0.4, -0.2) is 35.5 Å². The van der Waals surface area contributed by atoms with Crippen LogP contribution in [0.2, 0.25) is 0 Å². The average molecular weight is 255 g/mol. The summed E-state index contributed by atoms with van der Waals surface area (Å²) in [6, 6.07) is 3.83. The van der Waals surface area contributed by atoms with E-state index >= 15 is 0 Å². The highest BCUT2D eigenvalue weighted by molar-refractivity contribution is 7.10.